The Kier molecular flexibility index (Phi) is 8.10. The van der Waals surface area contributed by atoms with E-state index in [1.54, 1.807) is 17.1 Å². The minimum atomic E-state index is -4.30. The van der Waals surface area contributed by atoms with Crippen LogP contribution in [0.1, 0.15) is 37.7 Å². The highest BCUT2D eigenvalue weighted by molar-refractivity contribution is 7.89. The van der Waals surface area contributed by atoms with Gasteiger partial charge in [-0.25, -0.2) is 23.2 Å². The summed E-state index contributed by atoms with van der Waals surface area (Å²) < 4.78 is 87.4. The number of anilines is 1. The molecule has 5 aliphatic rings. The number of amides is 1. The van der Waals surface area contributed by atoms with Crippen LogP contribution >= 0.6 is 0 Å². The number of alkyl halides is 4. The van der Waals surface area contributed by atoms with Crippen LogP contribution in [0.2, 0.25) is 0 Å². The van der Waals surface area contributed by atoms with Crippen LogP contribution in [0, 0.1) is 17.2 Å². The van der Waals surface area contributed by atoms with E-state index >= 15 is 4.39 Å². The minimum Gasteiger partial charge on any atom is -0.378 e. The number of nitrogens with one attached hydrogen (secondary N) is 3. The van der Waals surface area contributed by atoms with Gasteiger partial charge >= 0.3 is 6.18 Å². The van der Waals surface area contributed by atoms with Crippen molar-refractivity contribution in [2.24, 2.45) is 5.92 Å². The number of hydrazine groups is 1. The number of nitrogens with zero attached hydrogens (tertiary/aromatic N) is 4. The first-order valence-corrected chi connectivity index (χ1v) is 16.0. The number of hydrogen-bond acceptors (Lipinski definition) is 9. The lowest BCUT2D eigenvalue weighted by Crippen LogP contribution is -2.65. The third-order valence-corrected chi connectivity index (χ3v) is 11.5. The zero-order valence-electron chi connectivity index (χ0n) is 23.4. The van der Waals surface area contributed by atoms with Gasteiger partial charge in [0, 0.05) is 50.6 Å². The van der Waals surface area contributed by atoms with E-state index in [0.717, 1.165) is 0 Å². The molecule has 5 heterocycles. The third kappa shape index (κ3) is 5.59. The van der Waals surface area contributed by atoms with Gasteiger partial charge in [0.15, 0.2) is 0 Å². The van der Waals surface area contributed by atoms with Gasteiger partial charge in [0.2, 0.25) is 15.9 Å². The summed E-state index contributed by atoms with van der Waals surface area (Å²) in [5, 5.41) is 17.6. The predicted octanol–water partition coefficient (Wildman–Crippen LogP) is 1.69. The topological polar surface area (TPSA) is 130 Å². The second kappa shape index (κ2) is 11.4. The standard InChI is InChI=1S/C27H35F4N7O4S/c28-22-15-42-12-7-26(22,6-8-32)38-20-3-9-33-25(39)23(20)24(35-38)34-18-1-2-21-17(13-18)14-37(43(21,40)41)19-4-10-36(11-5-19)16-27(29,30)31/h1-2,13,19-20,22-24,34-35H,3-7,9-12,14-16H2,(H,33,39)/t20?,22-,23?,24?,26+/m1/s1. The number of halogens is 4. The van der Waals surface area contributed by atoms with Crippen LogP contribution in [0.15, 0.2) is 23.1 Å². The van der Waals surface area contributed by atoms with Crippen molar-refractivity contribution >= 4 is 21.6 Å². The van der Waals surface area contributed by atoms with Crippen LogP contribution in [0.3, 0.4) is 0 Å². The van der Waals surface area contributed by atoms with Crippen LogP contribution in [-0.2, 0) is 26.1 Å². The van der Waals surface area contributed by atoms with E-state index in [1.807, 2.05) is 0 Å². The number of piperidine rings is 2. The molecule has 4 fully saturated rings. The lowest BCUT2D eigenvalue weighted by Gasteiger charge is -2.48. The van der Waals surface area contributed by atoms with Crippen LogP contribution < -0.4 is 16.1 Å². The van der Waals surface area contributed by atoms with E-state index in [9.17, 15) is 31.6 Å². The van der Waals surface area contributed by atoms with Crippen LogP contribution in [0.5, 0.6) is 0 Å². The molecule has 1 aromatic rings. The normalized spacial score (nSPS) is 33.9. The van der Waals surface area contributed by atoms with Gasteiger partial charge in [-0.3, -0.25) is 9.69 Å². The maximum Gasteiger partial charge on any atom is 0.401 e. The molecule has 1 amide bonds. The maximum absolute atomic E-state index is 15.5. The van der Waals surface area contributed by atoms with E-state index in [-0.39, 0.29) is 55.9 Å². The van der Waals surface area contributed by atoms with Crippen LogP contribution in [0.25, 0.3) is 0 Å². The van der Waals surface area contributed by atoms with Gasteiger partial charge in [0.1, 0.15) is 12.3 Å². The lowest BCUT2D eigenvalue weighted by atomic mass is 9.81. The monoisotopic (exact) mass is 629 g/mol. The smallest absolute Gasteiger partial charge is 0.378 e. The first-order valence-electron chi connectivity index (χ1n) is 14.6. The average molecular weight is 630 g/mol. The Balaban J connectivity index is 1.20. The Labute approximate surface area is 247 Å². The number of sulfonamides is 1. The van der Waals surface area contributed by atoms with Crippen molar-refractivity contribution in [1.29, 1.82) is 5.26 Å². The van der Waals surface area contributed by atoms with Gasteiger partial charge in [-0.05, 0) is 49.4 Å². The number of likely N-dealkylation sites (tertiary alicyclic amines) is 1. The number of carbonyl (C=O) groups excluding carboxylic acids is 1. The molecule has 0 radical (unpaired) electrons. The molecule has 6 rings (SSSR count). The highest BCUT2D eigenvalue weighted by Crippen LogP contribution is 2.42. The highest BCUT2D eigenvalue weighted by atomic mass is 32.2. The van der Waals surface area contributed by atoms with Crippen molar-refractivity contribution in [2.45, 2.75) is 79.7 Å². The summed E-state index contributed by atoms with van der Waals surface area (Å²) in [4.78, 5) is 14.5. The van der Waals surface area contributed by atoms with Gasteiger partial charge in [-0.15, -0.1) is 0 Å². The highest BCUT2D eigenvalue weighted by Gasteiger charge is 2.58. The Hall–Kier alpha value is -2.55. The molecule has 0 bridgehead atoms. The molecule has 0 spiro atoms. The number of carbonyl (C=O) groups is 1. The van der Waals surface area contributed by atoms with Crippen molar-refractivity contribution < 1.29 is 35.5 Å². The Morgan fingerprint density at radius 1 is 1.21 bits per heavy atom. The zero-order chi connectivity index (χ0) is 30.6. The molecule has 3 unspecified atom stereocenters. The quantitative estimate of drug-likeness (QED) is 0.403. The van der Waals surface area contributed by atoms with E-state index < -0.39 is 52.6 Å². The number of ether oxygens (including phenoxy) is 1. The lowest BCUT2D eigenvalue weighted by molar-refractivity contribution is -0.148. The van der Waals surface area contributed by atoms with Crippen molar-refractivity contribution in [2.75, 3.05) is 44.7 Å². The molecule has 11 nitrogen and oxygen atoms in total. The Morgan fingerprint density at radius 2 is 1.98 bits per heavy atom. The summed E-state index contributed by atoms with van der Waals surface area (Å²) in [6.45, 7) is -0.0191. The number of rotatable bonds is 6. The van der Waals surface area contributed by atoms with E-state index in [0.29, 0.717) is 43.7 Å². The number of hydrogen-bond donors (Lipinski definition) is 3. The molecule has 0 aromatic heterocycles. The van der Waals surface area contributed by atoms with Crippen LogP contribution in [0.4, 0.5) is 23.2 Å². The molecule has 3 N–H and O–H groups in total. The molecular formula is C27H35F4N7O4S. The summed E-state index contributed by atoms with van der Waals surface area (Å²) in [5.41, 5.74) is 3.26. The molecule has 236 valence electrons. The summed E-state index contributed by atoms with van der Waals surface area (Å²) in [6.07, 6.45) is -5.02. The zero-order valence-corrected chi connectivity index (χ0v) is 24.3. The fourth-order valence-electron chi connectivity index (χ4n) is 7.37. The van der Waals surface area contributed by atoms with Crippen molar-refractivity contribution in [1.82, 2.24) is 25.0 Å². The van der Waals surface area contributed by atoms with Gasteiger partial charge in [-0.1, -0.05) is 0 Å². The van der Waals surface area contributed by atoms with Gasteiger partial charge in [-0.2, -0.15) is 22.7 Å². The van der Waals surface area contributed by atoms with Gasteiger partial charge < -0.3 is 15.4 Å². The molecular weight excluding hydrogens is 594 g/mol. The summed E-state index contributed by atoms with van der Waals surface area (Å²) >= 11 is 0. The molecule has 0 saturated carbocycles. The van der Waals surface area contributed by atoms with Crippen molar-refractivity contribution in [3.63, 3.8) is 0 Å². The Bertz CT molecular complexity index is 1380. The van der Waals surface area contributed by atoms with E-state index in [1.165, 1.54) is 15.3 Å². The summed E-state index contributed by atoms with van der Waals surface area (Å²) in [6, 6.07) is 6.18. The predicted molar refractivity (Wildman–Crippen MR) is 145 cm³/mol. The second-order valence-corrected chi connectivity index (χ2v) is 13.9. The number of nitriles is 1. The Morgan fingerprint density at radius 3 is 2.67 bits per heavy atom. The first-order chi connectivity index (χ1) is 20.4. The SMILES string of the molecule is N#CC[C@]1(N2NC(Nc3ccc4c(c3)CN(C3CCN(CC(F)(F)F)CC3)S4(=O)=O)C3C(=O)NCCC32)CCOC[C@H]1F. The molecule has 43 heavy (non-hydrogen) atoms. The summed E-state index contributed by atoms with van der Waals surface area (Å²) in [7, 11) is -3.82. The molecule has 4 saturated heterocycles. The van der Waals surface area contributed by atoms with E-state index in [2.05, 4.69) is 22.1 Å². The largest absolute Gasteiger partial charge is 0.401 e. The number of benzene rings is 1. The molecule has 16 heteroatoms. The van der Waals surface area contributed by atoms with Crippen molar-refractivity contribution in [3.8, 4) is 6.07 Å². The molecule has 0 aliphatic carbocycles. The molecule has 5 aliphatic heterocycles. The number of fused-ring (bicyclic) bond motifs is 2. The van der Waals surface area contributed by atoms with Crippen molar-refractivity contribution in [3.05, 3.63) is 23.8 Å². The minimum absolute atomic E-state index is 0.0796. The molecule has 1 aromatic carbocycles. The fourth-order valence-corrected chi connectivity index (χ4v) is 9.23. The van der Waals surface area contributed by atoms with Gasteiger partial charge in [0.25, 0.3) is 0 Å². The summed E-state index contributed by atoms with van der Waals surface area (Å²) in [5.74, 6) is -0.806. The maximum atomic E-state index is 15.5. The van der Waals surface area contributed by atoms with E-state index in [4.69, 9.17) is 4.74 Å². The average Bonchev–Trinajstić information content (AvgIpc) is 3.45. The first kappa shape index (κ1) is 30.5. The van der Waals surface area contributed by atoms with Crippen LogP contribution in [-0.4, -0.2) is 104 Å². The third-order valence-electron chi connectivity index (χ3n) is 9.48. The fraction of sp³-hybridized carbons (Fsp3) is 0.704. The van der Waals surface area contributed by atoms with Gasteiger partial charge in [0.05, 0.1) is 42.0 Å². The molecule has 5 atom stereocenters. The second-order valence-electron chi connectivity index (χ2n) is 12.0.